The molecule has 38 heavy (non-hydrogen) atoms. The van der Waals surface area contributed by atoms with Crippen molar-refractivity contribution in [3.63, 3.8) is 0 Å². The van der Waals surface area contributed by atoms with Gasteiger partial charge in [-0.05, 0) is 104 Å². The zero-order valence-corrected chi connectivity index (χ0v) is 22.8. The van der Waals surface area contributed by atoms with Gasteiger partial charge in [-0.2, -0.15) is 0 Å². The highest BCUT2D eigenvalue weighted by molar-refractivity contribution is 7.23. The third-order valence-corrected chi connectivity index (χ3v) is 10.2. The van der Waals surface area contributed by atoms with E-state index in [9.17, 15) is 0 Å². The minimum atomic E-state index is 1.31. The standard InChI is InChI=1S/C36H24S2/c1-21-15-25-17-29-30(18-26(25)16-22(21)2)36(34-20-24-10-4-8-14-32(24)38-34)28-12-6-5-11-27(28)35(29)33-19-23-9-3-7-13-31(23)37-33/h3-20H,1-2H3. The largest absolute Gasteiger partial charge is 0.135 e. The molecule has 0 fully saturated rings. The van der Waals surface area contributed by atoms with E-state index < -0.39 is 0 Å². The lowest BCUT2D eigenvalue weighted by Gasteiger charge is -2.17. The van der Waals surface area contributed by atoms with Gasteiger partial charge in [0.2, 0.25) is 0 Å². The van der Waals surface area contributed by atoms with Crippen molar-refractivity contribution in [3.05, 3.63) is 120 Å². The third kappa shape index (κ3) is 3.27. The predicted octanol–water partition coefficient (Wildman–Crippen LogP) is 11.5. The van der Waals surface area contributed by atoms with Gasteiger partial charge in [0.15, 0.2) is 0 Å². The van der Waals surface area contributed by atoms with Crippen LogP contribution in [0, 0.1) is 13.8 Å². The van der Waals surface area contributed by atoms with Gasteiger partial charge in [-0.3, -0.25) is 0 Å². The summed E-state index contributed by atoms with van der Waals surface area (Å²) in [4.78, 5) is 2.66. The van der Waals surface area contributed by atoms with Crippen LogP contribution in [0.5, 0.6) is 0 Å². The maximum absolute atomic E-state index is 2.44. The van der Waals surface area contributed by atoms with Crippen molar-refractivity contribution in [3.8, 4) is 20.9 Å². The molecule has 0 spiro atoms. The van der Waals surface area contributed by atoms with E-state index in [0.717, 1.165) is 0 Å². The molecular formula is C36H24S2. The third-order valence-electron chi connectivity index (χ3n) is 7.94. The average molecular weight is 521 g/mol. The Hall–Kier alpha value is -3.98. The van der Waals surface area contributed by atoms with Crippen LogP contribution in [0.25, 0.3) is 73.4 Å². The average Bonchev–Trinajstić information content (AvgIpc) is 3.55. The highest BCUT2D eigenvalue weighted by Crippen LogP contribution is 2.49. The van der Waals surface area contributed by atoms with Crippen molar-refractivity contribution in [1.82, 2.24) is 0 Å². The highest BCUT2D eigenvalue weighted by atomic mass is 32.1. The molecule has 8 rings (SSSR count). The van der Waals surface area contributed by atoms with E-state index in [0.29, 0.717) is 0 Å². The molecule has 0 radical (unpaired) electrons. The molecule has 8 aromatic rings. The molecule has 0 nitrogen and oxygen atoms in total. The van der Waals surface area contributed by atoms with E-state index in [1.807, 2.05) is 22.7 Å². The molecule has 0 unspecified atom stereocenters. The number of benzene rings is 6. The Morgan fingerprint density at radius 3 is 1.26 bits per heavy atom. The van der Waals surface area contributed by atoms with Crippen LogP contribution >= 0.6 is 22.7 Å². The smallest absolute Gasteiger partial charge is 0.0367 e. The van der Waals surface area contributed by atoms with E-state index in [-0.39, 0.29) is 0 Å². The molecule has 6 aromatic carbocycles. The molecule has 0 aliphatic carbocycles. The Morgan fingerprint density at radius 1 is 0.395 bits per heavy atom. The number of hydrogen-bond acceptors (Lipinski definition) is 2. The molecule has 0 N–H and O–H groups in total. The molecule has 0 saturated carbocycles. The topological polar surface area (TPSA) is 0 Å². The highest BCUT2D eigenvalue weighted by Gasteiger charge is 2.20. The number of fused-ring (bicyclic) bond motifs is 5. The number of thiophene rings is 2. The van der Waals surface area contributed by atoms with E-state index in [4.69, 9.17) is 0 Å². The van der Waals surface area contributed by atoms with Crippen molar-refractivity contribution in [2.24, 2.45) is 0 Å². The molecule has 0 amide bonds. The van der Waals surface area contributed by atoms with Crippen molar-refractivity contribution < 1.29 is 0 Å². The van der Waals surface area contributed by atoms with E-state index in [1.54, 1.807) is 0 Å². The normalized spacial score (nSPS) is 11.9. The van der Waals surface area contributed by atoms with Crippen LogP contribution in [0.2, 0.25) is 0 Å². The van der Waals surface area contributed by atoms with Crippen molar-refractivity contribution >= 4 is 75.2 Å². The Morgan fingerprint density at radius 2 is 0.816 bits per heavy atom. The summed E-state index contributed by atoms with van der Waals surface area (Å²) in [5.74, 6) is 0. The SMILES string of the molecule is Cc1cc2cc3c(-c4cc5ccccc5s4)c4ccccc4c(-c4cc5ccccc5s4)c3cc2cc1C. The minimum Gasteiger partial charge on any atom is -0.135 e. The van der Waals surface area contributed by atoms with E-state index in [2.05, 4.69) is 123 Å². The zero-order valence-electron chi connectivity index (χ0n) is 21.2. The molecular weight excluding hydrogens is 497 g/mol. The lowest BCUT2D eigenvalue weighted by Crippen LogP contribution is -1.90. The summed E-state index contributed by atoms with van der Waals surface area (Å²) in [6, 6.07) is 40.9. The van der Waals surface area contributed by atoms with E-state index >= 15 is 0 Å². The second-order valence-electron chi connectivity index (χ2n) is 10.3. The van der Waals surface area contributed by atoms with Crippen molar-refractivity contribution in [2.75, 3.05) is 0 Å². The van der Waals surface area contributed by atoms with Gasteiger partial charge in [0.25, 0.3) is 0 Å². The maximum Gasteiger partial charge on any atom is 0.0367 e. The molecule has 2 heteroatoms. The second-order valence-corrected chi connectivity index (χ2v) is 12.4. The lowest BCUT2D eigenvalue weighted by molar-refractivity contribution is 1.37. The van der Waals surface area contributed by atoms with Crippen LogP contribution in [0.15, 0.2) is 109 Å². The fourth-order valence-electron chi connectivity index (χ4n) is 5.94. The number of hydrogen-bond donors (Lipinski definition) is 0. The van der Waals surface area contributed by atoms with Gasteiger partial charge < -0.3 is 0 Å². The Labute approximate surface area is 229 Å². The Balaban J connectivity index is 1.59. The van der Waals surface area contributed by atoms with Crippen molar-refractivity contribution in [1.29, 1.82) is 0 Å². The van der Waals surface area contributed by atoms with Gasteiger partial charge in [0.1, 0.15) is 0 Å². The van der Waals surface area contributed by atoms with Gasteiger partial charge in [-0.1, -0.05) is 72.8 Å². The first-order valence-corrected chi connectivity index (χ1v) is 14.6. The number of rotatable bonds is 2. The molecule has 0 aliphatic rings. The molecule has 2 heterocycles. The first kappa shape index (κ1) is 22.0. The summed E-state index contributed by atoms with van der Waals surface area (Å²) < 4.78 is 2.67. The van der Waals surface area contributed by atoms with Gasteiger partial charge in [0.05, 0.1) is 0 Å². The van der Waals surface area contributed by atoms with Crippen LogP contribution < -0.4 is 0 Å². The summed E-state index contributed by atoms with van der Waals surface area (Å²) in [6.45, 7) is 4.43. The predicted molar refractivity (Wildman–Crippen MR) is 170 cm³/mol. The first-order valence-electron chi connectivity index (χ1n) is 13.0. The molecule has 0 saturated heterocycles. The summed E-state index contributed by atoms with van der Waals surface area (Å²) in [5.41, 5.74) is 5.38. The minimum absolute atomic E-state index is 1.31. The van der Waals surface area contributed by atoms with Crippen LogP contribution in [0.4, 0.5) is 0 Å². The Kier molecular flexibility index (Phi) is 4.79. The summed E-state index contributed by atoms with van der Waals surface area (Å²) in [6.07, 6.45) is 0. The fourth-order valence-corrected chi connectivity index (χ4v) is 8.21. The first-order chi connectivity index (χ1) is 18.6. The molecule has 2 aromatic heterocycles. The quantitative estimate of drug-likeness (QED) is 0.199. The van der Waals surface area contributed by atoms with Gasteiger partial charge in [-0.15, -0.1) is 22.7 Å². The van der Waals surface area contributed by atoms with E-state index in [1.165, 1.54) is 84.5 Å². The molecule has 0 bridgehead atoms. The summed E-state index contributed by atoms with van der Waals surface area (Å²) >= 11 is 3.80. The zero-order chi connectivity index (χ0) is 25.4. The van der Waals surface area contributed by atoms with Gasteiger partial charge in [-0.25, -0.2) is 0 Å². The molecule has 180 valence electrons. The van der Waals surface area contributed by atoms with Crippen LogP contribution in [0.3, 0.4) is 0 Å². The monoisotopic (exact) mass is 520 g/mol. The van der Waals surface area contributed by atoms with Crippen LogP contribution in [0.1, 0.15) is 11.1 Å². The Bertz CT molecular complexity index is 1980. The lowest BCUT2D eigenvalue weighted by atomic mass is 9.88. The summed E-state index contributed by atoms with van der Waals surface area (Å²) in [7, 11) is 0. The molecule has 0 aliphatic heterocycles. The van der Waals surface area contributed by atoms with Crippen LogP contribution in [-0.4, -0.2) is 0 Å². The van der Waals surface area contributed by atoms with Gasteiger partial charge in [0, 0.05) is 30.3 Å². The fraction of sp³-hybridized carbons (Fsp3) is 0.0556. The molecule has 0 atom stereocenters. The van der Waals surface area contributed by atoms with Crippen molar-refractivity contribution in [2.45, 2.75) is 13.8 Å². The maximum atomic E-state index is 2.44. The summed E-state index contributed by atoms with van der Waals surface area (Å²) in [5, 5.41) is 10.5. The second kappa shape index (κ2) is 8.26. The van der Waals surface area contributed by atoms with Crippen LogP contribution in [-0.2, 0) is 0 Å². The number of aryl methyl sites for hydroxylation is 2. The van der Waals surface area contributed by atoms with Gasteiger partial charge >= 0.3 is 0 Å².